The molecule has 6 nitrogen and oxygen atoms in total. The zero-order chi connectivity index (χ0) is 15.2. The van der Waals surface area contributed by atoms with Crippen molar-refractivity contribution in [2.75, 3.05) is 33.9 Å². The van der Waals surface area contributed by atoms with Crippen molar-refractivity contribution >= 4 is 39.1 Å². The lowest BCUT2D eigenvalue weighted by Crippen LogP contribution is -2.36. The van der Waals surface area contributed by atoms with Gasteiger partial charge in [0.25, 0.3) is 0 Å². The standard InChI is InChI=1S/C13H17ClN4O2S/c1-18(8-11(19)15-4-5-20-2)7-10-16-12(14)9-3-6-21-13(9)17-10/h3,6H,4-5,7-8H2,1-2H3,(H,15,19). The van der Waals surface area contributed by atoms with E-state index in [0.29, 0.717) is 30.7 Å². The minimum Gasteiger partial charge on any atom is -0.383 e. The summed E-state index contributed by atoms with van der Waals surface area (Å²) in [6.45, 7) is 1.74. The van der Waals surface area contributed by atoms with Crippen molar-refractivity contribution in [2.45, 2.75) is 6.54 Å². The molecule has 1 N–H and O–H groups in total. The quantitative estimate of drug-likeness (QED) is 0.617. The summed E-state index contributed by atoms with van der Waals surface area (Å²) >= 11 is 7.64. The molecule has 0 aliphatic carbocycles. The number of fused-ring (bicyclic) bond motifs is 1. The van der Waals surface area contributed by atoms with Gasteiger partial charge in [0.05, 0.1) is 19.7 Å². The second kappa shape index (κ2) is 7.65. The number of hydrogen-bond donors (Lipinski definition) is 1. The van der Waals surface area contributed by atoms with Gasteiger partial charge in [0.1, 0.15) is 15.8 Å². The fourth-order valence-corrected chi connectivity index (χ4v) is 2.91. The van der Waals surface area contributed by atoms with Crippen LogP contribution >= 0.6 is 22.9 Å². The number of rotatable bonds is 7. The molecule has 0 atom stereocenters. The fraction of sp³-hybridized carbons (Fsp3) is 0.462. The van der Waals surface area contributed by atoms with E-state index in [9.17, 15) is 4.79 Å². The summed E-state index contributed by atoms with van der Waals surface area (Å²) in [5.74, 6) is 0.556. The van der Waals surface area contributed by atoms with Gasteiger partial charge in [-0.25, -0.2) is 9.97 Å². The highest BCUT2D eigenvalue weighted by Crippen LogP contribution is 2.24. The summed E-state index contributed by atoms with van der Waals surface area (Å²) in [5.41, 5.74) is 0. The van der Waals surface area contributed by atoms with Crippen LogP contribution in [0.2, 0.25) is 5.15 Å². The summed E-state index contributed by atoms with van der Waals surface area (Å²) in [7, 11) is 3.44. The van der Waals surface area contributed by atoms with E-state index in [1.807, 2.05) is 23.4 Å². The molecule has 8 heteroatoms. The molecule has 2 aromatic heterocycles. The lowest BCUT2D eigenvalue weighted by atomic mass is 10.4. The highest BCUT2D eigenvalue weighted by Gasteiger charge is 2.11. The normalized spacial score (nSPS) is 11.2. The summed E-state index contributed by atoms with van der Waals surface area (Å²) < 4.78 is 4.88. The number of hydrogen-bond acceptors (Lipinski definition) is 6. The second-order valence-electron chi connectivity index (χ2n) is 4.59. The van der Waals surface area contributed by atoms with Gasteiger partial charge in [-0.2, -0.15) is 0 Å². The molecule has 2 heterocycles. The average Bonchev–Trinajstić information content (AvgIpc) is 2.87. The Morgan fingerprint density at radius 2 is 2.33 bits per heavy atom. The largest absolute Gasteiger partial charge is 0.383 e. The number of halogens is 1. The van der Waals surface area contributed by atoms with Crippen LogP contribution in [0.4, 0.5) is 0 Å². The Bertz CT molecular complexity index is 619. The van der Waals surface area contributed by atoms with Crippen molar-refractivity contribution in [3.05, 3.63) is 22.4 Å². The number of nitrogens with one attached hydrogen (secondary N) is 1. The number of amides is 1. The number of carbonyl (C=O) groups is 1. The minimum atomic E-state index is -0.0575. The molecular weight excluding hydrogens is 312 g/mol. The van der Waals surface area contributed by atoms with Gasteiger partial charge in [0.15, 0.2) is 0 Å². The minimum absolute atomic E-state index is 0.0575. The molecule has 0 spiro atoms. The molecule has 0 unspecified atom stereocenters. The lowest BCUT2D eigenvalue weighted by molar-refractivity contribution is -0.122. The van der Waals surface area contributed by atoms with Gasteiger partial charge in [-0.05, 0) is 18.5 Å². The molecule has 2 aromatic rings. The third-order valence-electron chi connectivity index (χ3n) is 2.78. The second-order valence-corrected chi connectivity index (χ2v) is 5.84. The summed E-state index contributed by atoms with van der Waals surface area (Å²) in [5, 5.41) is 6.02. The van der Waals surface area contributed by atoms with Gasteiger partial charge < -0.3 is 10.1 Å². The third-order valence-corrected chi connectivity index (χ3v) is 3.87. The van der Waals surface area contributed by atoms with E-state index in [2.05, 4.69) is 15.3 Å². The Balaban J connectivity index is 1.91. The van der Waals surface area contributed by atoms with E-state index in [1.165, 1.54) is 11.3 Å². The molecule has 0 bridgehead atoms. The van der Waals surface area contributed by atoms with Crippen molar-refractivity contribution in [1.29, 1.82) is 0 Å². The van der Waals surface area contributed by atoms with E-state index in [4.69, 9.17) is 16.3 Å². The first-order valence-electron chi connectivity index (χ1n) is 6.44. The molecule has 1 amide bonds. The zero-order valence-corrected chi connectivity index (χ0v) is 13.5. The maximum Gasteiger partial charge on any atom is 0.234 e. The van der Waals surface area contributed by atoms with Crippen LogP contribution in [0.25, 0.3) is 10.2 Å². The number of nitrogens with zero attached hydrogens (tertiary/aromatic N) is 3. The van der Waals surface area contributed by atoms with Crippen molar-refractivity contribution in [2.24, 2.45) is 0 Å². The molecule has 0 aromatic carbocycles. The SMILES string of the molecule is COCCNC(=O)CN(C)Cc1nc(Cl)c2ccsc2n1. The van der Waals surface area contributed by atoms with E-state index < -0.39 is 0 Å². The lowest BCUT2D eigenvalue weighted by Gasteiger charge is -2.15. The highest BCUT2D eigenvalue weighted by molar-refractivity contribution is 7.16. The number of likely N-dealkylation sites (N-methyl/N-ethyl adjacent to an activating group) is 1. The van der Waals surface area contributed by atoms with Crippen LogP contribution in [-0.4, -0.2) is 54.6 Å². The van der Waals surface area contributed by atoms with Gasteiger partial charge in [-0.15, -0.1) is 11.3 Å². The Hall–Kier alpha value is -1.28. The monoisotopic (exact) mass is 328 g/mol. The topological polar surface area (TPSA) is 67.3 Å². The van der Waals surface area contributed by atoms with Gasteiger partial charge in [0.2, 0.25) is 5.91 Å². The predicted molar refractivity (Wildman–Crippen MR) is 83.6 cm³/mol. The zero-order valence-electron chi connectivity index (χ0n) is 11.9. The first-order valence-corrected chi connectivity index (χ1v) is 7.69. The third kappa shape index (κ3) is 4.60. The van der Waals surface area contributed by atoms with Crippen molar-refractivity contribution in [3.63, 3.8) is 0 Å². The number of thiophene rings is 1. The van der Waals surface area contributed by atoms with Crippen molar-refractivity contribution in [1.82, 2.24) is 20.2 Å². The van der Waals surface area contributed by atoms with Crippen LogP contribution in [0.15, 0.2) is 11.4 Å². The number of aromatic nitrogens is 2. The summed E-state index contributed by atoms with van der Waals surface area (Å²) in [6, 6.07) is 1.90. The van der Waals surface area contributed by atoms with Crippen LogP contribution in [0.5, 0.6) is 0 Å². The van der Waals surface area contributed by atoms with E-state index in [0.717, 1.165) is 10.2 Å². The summed E-state index contributed by atoms with van der Waals surface area (Å²) in [4.78, 5) is 23.1. The fourth-order valence-electron chi connectivity index (χ4n) is 1.82. The van der Waals surface area contributed by atoms with Crippen LogP contribution in [-0.2, 0) is 16.1 Å². The van der Waals surface area contributed by atoms with Gasteiger partial charge in [-0.3, -0.25) is 9.69 Å². The van der Waals surface area contributed by atoms with Gasteiger partial charge in [-0.1, -0.05) is 11.6 Å². The molecule has 0 aliphatic rings. The molecule has 0 fully saturated rings. The maximum atomic E-state index is 11.7. The first kappa shape index (κ1) is 16.1. The van der Waals surface area contributed by atoms with E-state index >= 15 is 0 Å². The Morgan fingerprint density at radius 3 is 3.10 bits per heavy atom. The smallest absolute Gasteiger partial charge is 0.234 e. The average molecular weight is 329 g/mol. The predicted octanol–water partition coefficient (Wildman–Crippen LogP) is 1.54. The first-order chi connectivity index (χ1) is 10.1. The molecule has 21 heavy (non-hydrogen) atoms. The highest BCUT2D eigenvalue weighted by atomic mass is 35.5. The number of carbonyl (C=O) groups excluding carboxylic acids is 1. The molecule has 0 saturated heterocycles. The maximum absolute atomic E-state index is 11.7. The molecule has 0 radical (unpaired) electrons. The van der Waals surface area contributed by atoms with Crippen LogP contribution < -0.4 is 5.32 Å². The molecular formula is C13H17ClN4O2S. The van der Waals surface area contributed by atoms with Crippen LogP contribution in [0.1, 0.15) is 5.82 Å². The number of methoxy groups -OCH3 is 1. The molecule has 0 saturated carbocycles. The molecule has 0 aliphatic heterocycles. The van der Waals surface area contributed by atoms with Crippen LogP contribution in [0, 0.1) is 0 Å². The van der Waals surface area contributed by atoms with Gasteiger partial charge >= 0.3 is 0 Å². The Labute approximate surface area is 132 Å². The van der Waals surface area contributed by atoms with Crippen molar-refractivity contribution in [3.8, 4) is 0 Å². The molecule has 2 rings (SSSR count). The van der Waals surface area contributed by atoms with Gasteiger partial charge in [0, 0.05) is 19.0 Å². The summed E-state index contributed by atoms with van der Waals surface area (Å²) in [6.07, 6.45) is 0. The van der Waals surface area contributed by atoms with Crippen molar-refractivity contribution < 1.29 is 9.53 Å². The van der Waals surface area contributed by atoms with E-state index in [1.54, 1.807) is 7.11 Å². The molecule has 114 valence electrons. The number of ether oxygens (including phenoxy) is 1. The van der Waals surface area contributed by atoms with Crippen LogP contribution in [0.3, 0.4) is 0 Å². The Kier molecular flexibility index (Phi) is 5.86. The van der Waals surface area contributed by atoms with E-state index in [-0.39, 0.29) is 12.5 Å². The Morgan fingerprint density at radius 1 is 1.52 bits per heavy atom.